The molecule has 0 saturated heterocycles. The Labute approximate surface area is 108 Å². The predicted molar refractivity (Wildman–Crippen MR) is 76.4 cm³/mol. The summed E-state index contributed by atoms with van der Waals surface area (Å²) < 4.78 is 5.78. The van der Waals surface area contributed by atoms with Gasteiger partial charge in [-0.2, -0.15) is 0 Å². The minimum Gasteiger partial charge on any atom is -0.376 e. The van der Waals surface area contributed by atoms with E-state index in [1.54, 1.807) is 0 Å². The first kappa shape index (κ1) is 16.7. The van der Waals surface area contributed by atoms with E-state index in [-0.39, 0.29) is 16.6 Å². The second kappa shape index (κ2) is 6.01. The first-order chi connectivity index (χ1) is 7.47. The highest BCUT2D eigenvalue weighted by molar-refractivity contribution is 4.94. The lowest BCUT2D eigenvalue weighted by molar-refractivity contribution is -0.0134. The maximum atomic E-state index is 5.78. The molecule has 0 fully saturated rings. The van der Waals surface area contributed by atoms with Gasteiger partial charge in [0.15, 0.2) is 0 Å². The Morgan fingerprint density at radius 1 is 1.06 bits per heavy atom. The number of nitrogens with one attached hydrogen (secondary N) is 1. The number of hydrogen-bond donors (Lipinski definition) is 1. The van der Waals surface area contributed by atoms with Crippen LogP contribution in [0.3, 0.4) is 0 Å². The molecule has 0 rings (SSSR count). The molecule has 0 aromatic carbocycles. The molecule has 0 aromatic heterocycles. The predicted octanol–water partition coefficient (Wildman–Crippen LogP) is 3.77. The van der Waals surface area contributed by atoms with E-state index in [1.807, 2.05) is 6.08 Å². The van der Waals surface area contributed by atoms with Gasteiger partial charge in [0.2, 0.25) is 0 Å². The molecule has 1 unspecified atom stereocenters. The topological polar surface area (TPSA) is 21.3 Å². The van der Waals surface area contributed by atoms with Gasteiger partial charge in [-0.25, -0.2) is 0 Å². The maximum absolute atomic E-state index is 5.78. The van der Waals surface area contributed by atoms with Crippen LogP contribution < -0.4 is 5.32 Å². The van der Waals surface area contributed by atoms with Crippen LogP contribution in [0, 0.1) is 5.41 Å². The van der Waals surface area contributed by atoms with Gasteiger partial charge in [0.05, 0.1) is 5.60 Å². The van der Waals surface area contributed by atoms with E-state index in [2.05, 4.69) is 60.4 Å². The normalized spacial score (nSPS) is 16.6. The zero-order valence-electron chi connectivity index (χ0n) is 12.8. The molecule has 0 amide bonds. The molecule has 1 atom stereocenters. The van der Waals surface area contributed by atoms with Crippen molar-refractivity contribution in [3.63, 3.8) is 0 Å². The second-order valence-electron chi connectivity index (χ2n) is 7.17. The molecule has 102 valence electrons. The zero-order valence-corrected chi connectivity index (χ0v) is 12.8. The zero-order chi connectivity index (χ0) is 13.7. The van der Waals surface area contributed by atoms with Crippen molar-refractivity contribution in [1.29, 1.82) is 0 Å². The van der Waals surface area contributed by atoms with Crippen LogP contribution in [-0.2, 0) is 4.74 Å². The van der Waals surface area contributed by atoms with Crippen LogP contribution in [0.4, 0.5) is 0 Å². The molecule has 0 saturated carbocycles. The van der Waals surface area contributed by atoms with Crippen LogP contribution in [0.1, 0.15) is 54.9 Å². The van der Waals surface area contributed by atoms with Crippen molar-refractivity contribution >= 4 is 0 Å². The van der Waals surface area contributed by atoms with Gasteiger partial charge in [0.1, 0.15) is 0 Å². The Morgan fingerprint density at radius 2 is 1.59 bits per heavy atom. The van der Waals surface area contributed by atoms with Gasteiger partial charge < -0.3 is 10.1 Å². The van der Waals surface area contributed by atoms with Gasteiger partial charge in [-0.15, -0.1) is 6.58 Å². The van der Waals surface area contributed by atoms with Gasteiger partial charge in [-0.1, -0.05) is 13.0 Å². The van der Waals surface area contributed by atoms with Gasteiger partial charge in [0, 0.05) is 18.7 Å². The van der Waals surface area contributed by atoms with E-state index in [0.29, 0.717) is 0 Å². The molecule has 1 N–H and O–H groups in total. The summed E-state index contributed by atoms with van der Waals surface area (Å²) in [6, 6.07) is 0. The SMILES string of the molecule is C=CC(C)(CCOC(C)(C)C)CNC(C)(C)C. The summed E-state index contributed by atoms with van der Waals surface area (Å²) in [5.74, 6) is 0. The van der Waals surface area contributed by atoms with E-state index >= 15 is 0 Å². The Bertz CT molecular complexity index is 234. The fourth-order valence-corrected chi connectivity index (χ4v) is 1.32. The fourth-order valence-electron chi connectivity index (χ4n) is 1.32. The van der Waals surface area contributed by atoms with Crippen molar-refractivity contribution < 1.29 is 4.74 Å². The monoisotopic (exact) mass is 241 g/mol. The molecule has 0 radical (unpaired) electrons. The van der Waals surface area contributed by atoms with E-state index < -0.39 is 0 Å². The van der Waals surface area contributed by atoms with Crippen molar-refractivity contribution in [2.75, 3.05) is 13.2 Å². The lowest BCUT2D eigenvalue weighted by atomic mass is 9.86. The molecule has 0 aliphatic carbocycles. The van der Waals surface area contributed by atoms with Gasteiger partial charge >= 0.3 is 0 Å². The lowest BCUT2D eigenvalue weighted by Crippen LogP contribution is -2.42. The first-order valence-corrected chi connectivity index (χ1v) is 6.50. The van der Waals surface area contributed by atoms with E-state index in [9.17, 15) is 0 Å². The summed E-state index contributed by atoms with van der Waals surface area (Å²) in [5.41, 5.74) is 0.188. The smallest absolute Gasteiger partial charge is 0.0598 e. The molecule has 0 aliphatic rings. The van der Waals surface area contributed by atoms with E-state index in [4.69, 9.17) is 4.74 Å². The highest BCUT2D eigenvalue weighted by Gasteiger charge is 2.23. The Balaban J connectivity index is 4.15. The summed E-state index contributed by atoms with van der Waals surface area (Å²) in [6.07, 6.45) is 3.04. The number of rotatable bonds is 6. The standard InChI is InChI=1S/C15H31NO/c1-9-15(8,12-16-13(2,3)4)10-11-17-14(5,6)7/h9,16H,1,10-12H2,2-8H3. The van der Waals surface area contributed by atoms with Crippen molar-refractivity contribution in [3.05, 3.63) is 12.7 Å². The van der Waals surface area contributed by atoms with Crippen molar-refractivity contribution in [1.82, 2.24) is 5.32 Å². The molecular formula is C15H31NO. The van der Waals surface area contributed by atoms with Crippen LogP contribution in [-0.4, -0.2) is 24.3 Å². The quantitative estimate of drug-likeness (QED) is 0.715. The van der Waals surface area contributed by atoms with Crippen LogP contribution >= 0.6 is 0 Å². The summed E-state index contributed by atoms with van der Waals surface area (Å²) in [4.78, 5) is 0. The summed E-state index contributed by atoms with van der Waals surface area (Å²) in [7, 11) is 0. The van der Waals surface area contributed by atoms with Crippen molar-refractivity contribution in [3.8, 4) is 0 Å². The molecule has 0 heterocycles. The van der Waals surface area contributed by atoms with Crippen LogP contribution in [0.25, 0.3) is 0 Å². The fraction of sp³-hybridized carbons (Fsp3) is 0.867. The third-order valence-electron chi connectivity index (χ3n) is 2.72. The molecular weight excluding hydrogens is 210 g/mol. The van der Waals surface area contributed by atoms with Crippen molar-refractivity contribution in [2.24, 2.45) is 5.41 Å². The van der Waals surface area contributed by atoms with Gasteiger partial charge in [-0.05, 0) is 53.4 Å². The van der Waals surface area contributed by atoms with Gasteiger partial charge in [-0.3, -0.25) is 0 Å². The summed E-state index contributed by atoms with van der Waals surface area (Å²) >= 11 is 0. The van der Waals surface area contributed by atoms with Crippen LogP contribution in [0.5, 0.6) is 0 Å². The minimum atomic E-state index is -0.0560. The number of ether oxygens (including phenoxy) is 1. The maximum Gasteiger partial charge on any atom is 0.0598 e. The average molecular weight is 241 g/mol. The highest BCUT2D eigenvalue weighted by atomic mass is 16.5. The van der Waals surface area contributed by atoms with Crippen LogP contribution in [0.15, 0.2) is 12.7 Å². The minimum absolute atomic E-state index is 0.0560. The first-order valence-electron chi connectivity index (χ1n) is 6.50. The summed E-state index contributed by atoms with van der Waals surface area (Å²) in [5, 5.41) is 3.53. The molecule has 2 heteroatoms. The van der Waals surface area contributed by atoms with Crippen molar-refractivity contribution in [2.45, 2.75) is 66.0 Å². The molecule has 0 spiro atoms. The molecule has 2 nitrogen and oxygen atoms in total. The van der Waals surface area contributed by atoms with E-state index in [1.165, 1.54) is 0 Å². The van der Waals surface area contributed by atoms with Crippen LogP contribution in [0.2, 0.25) is 0 Å². The largest absolute Gasteiger partial charge is 0.376 e. The average Bonchev–Trinajstić information content (AvgIpc) is 2.12. The van der Waals surface area contributed by atoms with E-state index in [0.717, 1.165) is 19.6 Å². The Kier molecular flexibility index (Phi) is 5.89. The third kappa shape index (κ3) is 9.37. The molecule has 17 heavy (non-hydrogen) atoms. The summed E-state index contributed by atoms with van der Waals surface area (Å²) in [6.45, 7) is 20.7. The second-order valence-corrected chi connectivity index (χ2v) is 7.17. The highest BCUT2D eigenvalue weighted by Crippen LogP contribution is 2.24. The Morgan fingerprint density at radius 3 is 1.94 bits per heavy atom. The number of hydrogen-bond acceptors (Lipinski definition) is 2. The molecule has 0 aromatic rings. The lowest BCUT2D eigenvalue weighted by Gasteiger charge is -2.32. The van der Waals surface area contributed by atoms with Gasteiger partial charge in [0.25, 0.3) is 0 Å². The molecule has 0 aliphatic heterocycles. The third-order valence-corrected chi connectivity index (χ3v) is 2.72. The Hall–Kier alpha value is -0.340. The molecule has 0 bridgehead atoms.